The molecular weight excluding hydrogens is 226 g/mol. The van der Waals surface area contributed by atoms with Crippen molar-refractivity contribution in [1.29, 1.82) is 5.26 Å². The Balaban J connectivity index is 1.97. The van der Waals surface area contributed by atoms with Crippen molar-refractivity contribution in [3.05, 3.63) is 47.0 Å². The number of nitriles is 1. The SMILES string of the molecule is Cc1c(CNCc2cccnc2C#N)cnn1C. The maximum Gasteiger partial charge on any atom is 0.144 e. The quantitative estimate of drug-likeness (QED) is 0.875. The van der Waals surface area contributed by atoms with Crippen molar-refractivity contribution in [2.75, 3.05) is 0 Å². The van der Waals surface area contributed by atoms with Crippen LogP contribution in [0.4, 0.5) is 0 Å². The van der Waals surface area contributed by atoms with E-state index in [1.807, 2.05) is 37.0 Å². The first-order valence-corrected chi connectivity index (χ1v) is 5.74. The lowest BCUT2D eigenvalue weighted by atomic mass is 10.2. The fourth-order valence-electron chi connectivity index (χ4n) is 1.73. The first-order valence-electron chi connectivity index (χ1n) is 5.74. The summed E-state index contributed by atoms with van der Waals surface area (Å²) in [4.78, 5) is 4.03. The van der Waals surface area contributed by atoms with Crippen molar-refractivity contribution in [2.45, 2.75) is 20.0 Å². The van der Waals surface area contributed by atoms with Crippen LogP contribution in [0.25, 0.3) is 0 Å². The Morgan fingerprint density at radius 1 is 1.39 bits per heavy atom. The second kappa shape index (κ2) is 5.43. The van der Waals surface area contributed by atoms with E-state index in [2.05, 4.69) is 21.5 Å². The first kappa shape index (κ1) is 12.3. The Labute approximate surface area is 106 Å². The molecule has 2 aromatic rings. The molecule has 2 heterocycles. The molecule has 0 unspecified atom stereocenters. The smallest absolute Gasteiger partial charge is 0.144 e. The van der Waals surface area contributed by atoms with E-state index in [-0.39, 0.29) is 0 Å². The molecule has 0 spiro atoms. The number of nitrogens with one attached hydrogen (secondary N) is 1. The Morgan fingerprint density at radius 3 is 2.83 bits per heavy atom. The molecule has 2 aromatic heterocycles. The lowest BCUT2D eigenvalue weighted by molar-refractivity contribution is 0.682. The molecule has 1 N–H and O–H groups in total. The van der Waals surface area contributed by atoms with Gasteiger partial charge in [0.25, 0.3) is 0 Å². The van der Waals surface area contributed by atoms with Gasteiger partial charge in [-0.15, -0.1) is 0 Å². The summed E-state index contributed by atoms with van der Waals surface area (Å²) in [6.45, 7) is 3.40. The molecule has 0 amide bonds. The molecule has 0 aliphatic carbocycles. The van der Waals surface area contributed by atoms with Gasteiger partial charge in [0, 0.05) is 43.2 Å². The normalized spacial score (nSPS) is 10.3. The standard InChI is InChI=1S/C13H15N5/c1-10-12(9-17-18(10)2)8-15-7-11-4-3-5-16-13(11)6-14/h3-5,9,15H,7-8H2,1-2H3. The van der Waals surface area contributed by atoms with Gasteiger partial charge in [0.2, 0.25) is 0 Å². The molecule has 92 valence electrons. The lowest BCUT2D eigenvalue weighted by Gasteiger charge is -2.05. The van der Waals surface area contributed by atoms with Crippen molar-refractivity contribution in [3.8, 4) is 6.07 Å². The minimum atomic E-state index is 0.480. The van der Waals surface area contributed by atoms with Gasteiger partial charge in [-0.05, 0) is 13.0 Å². The number of nitrogens with zero attached hydrogens (tertiary/aromatic N) is 4. The molecule has 5 nitrogen and oxygen atoms in total. The second-order valence-corrected chi connectivity index (χ2v) is 4.11. The summed E-state index contributed by atoms with van der Waals surface area (Å²) in [6, 6.07) is 5.84. The van der Waals surface area contributed by atoms with Crippen LogP contribution in [0.5, 0.6) is 0 Å². The maximum atomic E-state index is 8.93. The fraction of sp³-hybridized carbons (Fsp3) is 0.308. The molecule has 0 aliphatic rings. The monoisotopic (exact) mass is 241 g/mol. The highest BCUT2D eigenvalue weighted by Gasteiger charge is 2.05. The second-order valence-electron chi connectivity index (χ2n) is 4.11. The van der Waals surface area contributed by atoms with E-state index in [0.29, 0.717) is 12.2 Å². The third-order valence-corrected chi connectivity index (χ3v) is 2.96. The van der Waals surface area contributed by atoms with Crippen LogP contribution < -0.4 is 5.32 Å². The highest BCUT2D eigenvalue weighted by Crippen LogP contribution is 2.07. The topological polar surface area (TPSA) is 66.5 Å². The predicted octanol–water partition coefficient (Wildman–Crippen LogP) is 1.28. The zero-order valence-electron chi connectivity index (χ0n) is 10.5. The summed E-state index contributed by atoms with van der Waals surface area (Å²) in [5, 5.41) is 16.4. The molecule has 5 heteroatoms. The van der Waals surface area contributed by atoms with Gasteiger partial charge < -0.3 is 5.32 Å². The molecule has 0 aromatic carbocycles. The van der Waals surface area contributed by atoms with Crippen molar-refractivity contribution < 1.29 is 0 Å². The van der Waals surface area contributed by atoms with Crippen LogP contribution in [0.3, 0.4) is 0 Å². The third kappa shape index (κ3) is 2.55. The molecule has 0 radical (unpaired) electrons. The summed E-state index contributed by atoms with van der Waals surface area (Å²) in [5.41, 5.74) is 3.71. The van der Waals surface area contributed by atoms with Crippen LogP contribution >= 0.6 is 0 Å². The summed E-state index contributed by atoms with van der Waals surface area (Å²) in [7, 11) is 1.92. The lowest BCUT2D eigenvalue weighted by Crippen LogP contribution is -2.14. The number of aryl methyl sites for hydroxylation is 1. The number of rotatable bonds is 4. The molecule has 18 heavy (non-hydrogen) atoms. The van der Waals surface area contributed by atoms with E-state index in [9.17, 15) is 0 Å². The van der Waals surface area contributed by atoms with Crippen LogP contribution in [-0.4, -0.2) is 14.8 Å². The van der Waals surface area contributed by atoms with E-state index in [1.54, 1.807) is 6.20 Å². The van der Waals surface area contributed by atoms with Gasteiger partial charge in [0.15, 0.2) is 0 Å². The van der Waals surface area contributed by atoms with Gasteiger partial charge >= 0.3 is 0 Å². The molecule has 0 aliphatic heterocycles. The van der Waals surface area contributed by atoms with Crippen LogP contribution in [0, 0.1) is 18.3 Å². The van der Waals surface area contributed by atoms with Crippen molar-refractivity contribution in [2.24, 2.45) is 7.05 Å². The average molecular weight is 241 g/mol. The Kier molecular flexibility index (Phi) is 3.70. The fourth-order valence-corrected chi connectivity index (χ4v) is 1.73. The first-order chi connectivity index (χ1) is 8.72. The average Bonchev–Trinajstić information content (AvgIpc) is 2.71. The van der Waals surface area contributed by atoms with E-state index in [1.165, 1.54) is 5.56 Å². The van der Waals surface area contributed by atoms with E-state index >= 15 is 0 Å². The number of hydrogen-bond acceptors (Lipinski definition) is 4. The summed E-state index contributed by atoms with van der Waals surface area (Å²) < 4.78 is 1.85. The predicted molar refractivity (Wildman–Crippen MR) is 67.4 cm³/mol. The van der Waals surface area contributed by atoms with Crippen LogP contribution in [0.15, 0.2) is 24.5 Å². The number of aromatic nitrogens is 3. The molecule has 0 bridgehead atoms. The van der Waals surface area contributed by atoms with Gasteiger partial charge in [0.05, 0.1) is 6.20 Å². The minimum Gasteiger partial charge on any atom is -0.308 e. The minimum absolute atomic E-state index is 0.480. The van der Waals surface area contributed by atoms with Gasteiger partial charge in [-0.3, -0.25) is 4.68 Å². The van der Waals surface area contributed by atoms with Crippen molar-refractivity contribution in [3.63, 3.8) is 0 Å². The van der Waals surface area contributed by atoms with Gasteiger partial charge in [0.1, 0.15) is 11.8 Å². The molecule has 0 atom stereocenters. The van der Waals surface area contributed by atoms with Gasteiger partial charge in [-0.1, -0.05) is 6.07 Å². The van der Waals surface area contributed by atoms with Gasteiger partial charge in [-0.2, -0.15) is 10.4 Å². The number of hydrogen-bond donors (Lipinski definition) is 1. The van der Waals surface area contributed by atoms with E-state index < -0.39 is 0 Å². The zero-order chi connectivity index (χ0) is 13.0. The molecule has 0 fully saturated rings. The van der Waals surface area contributed by atoms with Gasteiger partial charge in [-0.25, -0.2) is 4.98 Å². The Bertz CT molecular complexity index is 579. The van der Waals surface area contributed by atoms with Crippen LogP contribution in [0.1, 0.15) is 22.5 Å². The molecule has 2 rings (SSSR count). The Hall–Kier alpha value is -2.19. The van der Waals surface area contributed by atoms with Crippen molar-refractivity contribution >= 4 is 0 Å². The highest BCUT2D eigenvalue weighted by atomic mass is 15.3. The third-order valence-electron chi connectivity index (χ3n) is 2.96. The molecular formula is C13H15N5. The number of pyridine rings is 1. The van der Waals surface area contributed by atoms with E-state index in [4.69, 9.17) is 5.26 Å². The largest absolute Gasteiger partial charge is 0.308 e. The summed E-state index contributed by atoms with van der Waals surface area (Å²) >= 11 is 0. The van der Waals surface area contributed by atoms with Crippen LogP contribution in [-0.2, 0) is 20.1 Å². The molecule has 0 saturated heterocycles. The summed E-state index contributed by atoms with van der Waals surface area (Å²) in [5.74, 6) is 0. The summed E-state index contributed by atoms with van der Waals surface area (Å²) in [6.07, 6.45) is 3.49. The van der Waals surface area contributed by atoms with Crippen LogP contribution in [0.2, 0.25) is 0 Å². The van der Waals surface area contributed by atoms with Crippen molar-refractivity contribution in [1.82, 2.24) is 20.1 Å². The zero-order valence-corrected chi connectivity index (χ0v) is 10.5. The maximum absolute atomic E-state index is 8.93. The van der Waals surface area contributed by atoms with E-state index in [0.717, 1.165) is 17.8 Å². The highest BCUT2D eigenvalue weighted by molar-refractivity contribution is 5.30. The Morgan fingerprint density at radius 2 is 2.17 bits per heavy atom. The molecule has 0 saturated carbocycles.